The number of anilines is 1. The summed E-state index contributed by atoms with van der Waals surface area (Å²) in [6, 6.07) is 3.42. The van der Waals surface area contributed by atoms with Crippen molar-refractivity contribution in [3.63, 3.8) is 0 Å². The van der Waals surface area contributed by atoms with Crippen LogP contribution in [0.3, 0.4) is 0 Å². The minimum absolute atomic E-state index is 0.0114. The first kappa shape index (κ1) is 18.0. The first-order valence-electron chi connectivity index (χ1n) is 8.14. The topological polar surface area (TPSA) is 92.5 Å². The summed E-state index contributed by atoms with van der Waals surface area (Å²) in [5.74, 6) is -0.00708. The van der Waals surface area contributed by atoms with Crippen LogP contribution in [0, 0.1) is 5.41 Å². The zero-order chi connectivity index (χ0) is 18.3. The third kappa shape index (κ3) is 3.58. The van der Waals surface area contributed by atoms with Crippen molar-refractivity contribution in [2.24, 2.45) is 11.1 Å². The monoisotopic (exact) mass is 328 g/mol. The Morgan fingerprint density at radius 1 is 1.04 bits per heavy atom. The number of nitrogens with two attached hydrogens (primary N) is 2. The molecule has 0 saturated heterocycles. The summed E-state index contributed by atoms with van der Waals surface area (Å²) in [4.78, 5) is 0. The number of nitrogen functional groups attached to an aromatic ring is 1. The smallest absolute Gasteiger partial charge is 0.139 e. The Hall–Kier alpha value is -2.36. The first-order valence-corrected chi connectivity index (χ1v) is 8.14. The first-order chi connectivity index (χ1) is 10.9. The number of phenols is 1. The predicted octanol–water partition coefficient (Wildman–Crippen LogP) is 4.37. The number of hydrogen-bond acceptors (Lipinski definition) is 4. The number of rotatable bonds is 0. The molecule has 24 heavy (non-hydrogen) atoms. The molecule has 0 atom stereocenters. The zero-order valence-corrected chi connectivity index (χ0v) is 15.0. The van der Waals surface area contributed by atoms with Gasteiger partial charge in [0.1, 0.15) is 11.5 Å². The molecule has 6 N–H and O–H groups in total. The lowest BCUT2D eigenvalue weighted by atomic mass is 9.73. The summed E-state index contributed by atoms with van der Waals surface area (Å²) in [6.07, 6.45) is 5.22. The van der Waals surface area contributed by atoms with E-state index < -0.39 is 0 Å². The van der Waals surface area contributed by atoms with Crippen molar-refractivity contribution < 1.29 is 10.2 Å². The Bertz CT molecular complexity index is 740. The Morgan fingerprint density at radius 3 is 2.29 bits per heavy atom. The van der Waals surface area contributed by atoms with E-state index in [1.807, 2.05) is 12.1 Å². The number of fused-ring (bicyclic) bond motifs is 1. The number of aliphatic hydroxyl groups is 1. The second-order valence-corrected chi connectivity index (χ2v) is 7.98. The normalized spacial score (nSPS) is 24.8. The van der Waals surface area contributed by atoms with E-state index in [-0.39, 0.29) is 22.3 Å². The summed E-state index contributed by atoms with van der Waals surface area (Å²) in [5.41, 5.74) is 14.7. The number of aliphatic hydroxyl groups excluding tert-OH is 1. The van der Waals surface area contributed by atoms with Gasteiger partial charge in [0.25, 0.3) is 0 Å². The van der Waals surface area contributed by atoms with Gasteiger partial charge in [-0.05, 0) is 58.6 Å². The minimum atomic E-state index is -0.173. The highest BCUT2D eigenvalue weighted by atomic mass is 16.3. The molecule has 1 aliphatic carbocycles. The van der Waals surface area contributed by atoms with Gasteiger partial charge in [0.05, 0.1) is 11.4 Å². The average molecular weight is 328 g/mol. The molecule has 2 rings (SSSR count). The van der Waals surface area contributed by atoms with E-state index in [0.717, 1.165) is 24.0 Å². The maximum atomic E-state index is 10.3. The SMILES string of the molecule is C=C1/C=C(O)\C(N)=C/C(C)(C)CCC(C)(C)c2cc(N)c(O)cc21. The van der Waals surface area contributed by atoms with Crippen LogP contribution in [0.25, 0.3) is 5.57 Å². The number of allylic oxidation sites excluding steroid dienone is 3. The van der Waals surface area contributed by atoms with Gasteiger partial charge in [-0.1, -0.05) is 40.3 Å². The van der Waals surface area contributed by atoms with Gasteiger partial charge in [-0.2, -0.15) is 0 Å². The van der Waals surface area contributed by atoms with Gasteiger partial charge >= 0.3 is 0 Å². The second kappa shape index (κ2) is 5.93. The molecule has 0 fully saturated rings. The molecule has 0 aliphatic heterocycles. The fourth-order valence-corrected chi connectivity index (χ4v) is 3.09. The van der Waals surface area contributed by atoms with Crippen molar-refractivity contribution in [1.29, 1.82) is 0 Å². The summed E-state index contributed by atoms with van der Waals surface area (Å²) < 4.78 is 0. The third-order valence-electron chi connectivity index (χ3n) is 4.79. The van der Waals surface area contributed by atoms with Crippen LogP contribution in [0.2, 0.25) is 0 Å². The van der Waals surface area contributed by atoms with Gasteiger partial charge < -0.3 is 21.7 Å². The lowest BCUT2D eigenvalue weighted by Crippen LogP contribution is -2.23. The van der Waals surface area contributed by atoms with Gasteiger partial charge in [-0.15, -0.1) is 0 Å². The van der Waals surface area contributed by atoms with E-state index in [0.29, 0.717) is 17.0 Å². The summed E-state index contributed by atoms with van der Waals surface area (Å²) in [5, 5.41) is 20.3. The van der Waals surface area contributed by atoms with Gasteiger partial charge in [-0.3, -0.25) is 0 Å². The molecule has 0 radical (unpaired) electrons. The van der Waals surface area contributed by atoms with Crippen molar-refractivity contribution in [3.8, 4) is 5.75 Å². The second-order valence-electron chi connectivity index (χ2n) is 7.98. The fraction of sp³-hybridized carbons (Fsp3) is 0.400. The Labute approximate surface area is 144 Å². The molecular weight excluding hydrogens is 300 g/mol. The Morgan fingerprint density at radius 2 is 1.67 bits per heavy atom. The molecule has 0 saturated carbocycles. The van der Waals surface area contributed by atoms with E-state index >= 15 is 0 Å². The lowest BCUT2D eigenvalue weighted by molar-refractivity contribution is 0.346. The average Bonchev–Trinajstić information content (AvgIpc) is 2.46. The van der Waals surface area contributed by atoms with Crippen LogP contribution in [0.5, 0.6) is 5.75 Å². The van der Waals surface area contributed by atoms with Gasteiger partial charge in [-0.25, -0.2) is 0 Å². The maximum absolute atomic E-state index is 10.3. The third-order valence-corrected chi connectivity index (χ3v) is 4.79. The van der Waals surface area contributed by atoms with Crippen molar-refractivity contribution in [2.45, 2.75) is 46.0 Å². The standard InChI is InChI=1S/C20H28N2O2/c1-12-8-17(23)16(22)11-19(2,3)6-7-20(4,5)14-10-15(21)18(24)9-13(12)14/h8-11,23-24H,1,6-7,21-22H2,2-5H3/b16-11+,17-8+. The largest absolute Gasteiger partial charge is 0.506 e. The van der Waals surface area contributed by atoms with E-state index in [4.69, 9.17) is 11.5 Å². The van der Waals surface area contributed by atoms with Crippen LogP contribution in [-0.2, 0) is 5.41 Å². The van der Waals surface area contributed by atoms with Crippen LogP contribution < -0.4 is 11.5 Å². The molecule has 0 heterocycles. The van der Waals surface area contributed by atoms with Crippen molar-refractivity contribution in [2.75, 3.05) is 5.73 Å². The molecule has 130 valence electrons. The molecule has 0 spiro atoms. The quantitative estimate of drug-likeness (QED) is 0.420. The zero-order valence-electron chi connectivity index (χ0n) is 15.0. The number of benzene rings is 1. The molecule has 4 nitrogen and oxygen atoms in total. The molecular formula is C20H28N2O2. The van der Waals surface area contributed by atoms with Crippen molar-refractivity contribution in [1.82, 2.24) is 0 Å². The van der Waals surface area contributed by atoms with E-state index in [1.54, 1.807) is 6.07 Å². The van der Waals surface area contributed by atoms with Gasteiger partial charge in [0.15, 0.2) is 0 Å². The Kier molecular flexibility index (Phi) is 4.44. The molecule has 0 bridgehead atoms. The summed E-state index contributed by atoms with van der Waals surface area (Å²) in [6.45, 7) is 12.6. The number of phenolic OH excluding ortho intramolecular Hbond substituents is 1. The van der Waals surface area contributed by atoms with Crippen molar-refractivity contribution in [3.05, 3.63) is 53.4 Å². The highest BCUT2D eigenvalue weighted by Gasteiger charge is 2.29. The lowest BCUT2D eigenvalue weighted by Gasteiger charge is -2.32. The highest BCUT2D eigenvalue weighted by Crippen LogP contribution is 2.41. The van der Waals surface area contributed by atoms with E-state index in [9.17, 15) is 10.2 Å². The number of aromatic hydroxyl groups is 1. The maximum Gasteiger partial charge on any atom is 0.139 e. The molecule has 1 aliphatic rings. The number of hydrogen-bond donors (Lipinski definition) is 4. The predicted molar refractivity (Wildman–Crippen MR) is 101 cm³/mol. The molecule has 0 amide bonds. The van der Waals surface area contributed by atoms with Gasteiger partial charge in [0, 0.05) is 0 Å². The van der Waals surface area contributed by atoms with Crippen LogP contribution in [0.1, 0.15) is 51.7 Å². The molecule has 1 aromatic carbocycles. The Balaban J connectivity index is 2.72. The molecule has 0 unspecified atom stereocenters. The molecule has 0 aromatic heterocycles. The van der Waals surface area contributed by atoms with E-state index in [1.165, 1.54) is 6.08 Å². The van der Waals surface area contributed by atoms with Crippen molar-refractivity contribution >= 4 is 11.3 Å². The van der Waals surface area contributed by atoms with Crippen LogP contribution in [0.4, 0.5) is 5.69 Å². The highest BCUT2D eigenvalue weighted by molar-refractivity contribution is 5.79. The molecule has 4 heteroatoms. The van der Waals surface area contributed by atoms with Crippen LogP contribution in [-0.4, -0.2) is 10.2 Å². The van der Waals surface area contributed by atoms with E-state index in [2.05, 4.69) is 34.3 Å². The fourth-order valence-electron chi connectivity index (χ4n) is 3.09. The molecule has 1 aromatic rings. The summed E-state index contributed by atoms with van der Waals surface area (Å²) >= 11 is 0. The van der Waals surface area contributed by atoms with Gasteiger partial charge in [0.2, 0.25) is 0 Å². The summed E-state index contributed by atoms with van der Waals surface area (Å²) in [7, 11) is 0. The minimum Gasteiger partial charge on any atom is -0.506 e. The van der Waals surface area contributed by atoms with Crippen LogP contribution >= 0.6 is 0 Å². The van der Waals surface area contributed by atoms with Crippen LogP contribution in [0.15, 0.2) is 42.3 Å².